The number of nitrogens with zero attached hydrogens (tertiary/aromatic N) is 5. The number of rotatable bonds is 5. The predicted octanol–water partition coefficient (Wildman–Crippen LogP) is 0.342. The zero-order valence-corrected chi connectivity index (χ0v) is 11.0. The van der Waals surface area contributed by atoms with Crippen molar-refractivity contribution < 1.29 is 4.79 Å². The third kappa shape index (κ3) is 3.60. The molecule has 0 saturated heterocycles. The molecule has 2 aromatic rings. The van der Waals surface area contributed by atoms with Gasteiger partial charge in [-0.1, -0.05) is 11.3 Å². The number of aromatic nitrogens is 4. The van der Waals surface area contributed by atoms with Crippen molar-refractivity contribution in [1.29, 1.82) is 0 Å². The molecule has 0 bridgehead atoms. The maximum Gasteiger partial charge on any atom is 0.240 e. The summed E-state index contributed by atoms with van der Waals surface area (Å²) in [5.41, 5.74) is 2.65. The van der Waals surface area contributed by atoms with E-state index in [0.29, 0.717) is 18.2 Å². The minimum atomic E-state index is -0.0989. The van der Waals surface area contributed by atoms with Gasteiger partial charge in [0.05, 0.1) is 12.7 Å². The van der Waals surface area contributed by atoms with Crippen LogP contribution in [0.4, 0.5) is 5.13 Å². The van der Waals surface area contributed by atoms with Crippen molar-refractivity contribution in [2.24, 2.45) is 7.05 Å². The van der Waals surface area contributed by atoms with Gasteiger partial charge in [0.1, 0.15) is 5.51 Å². The molecule has 96 valence electrons. The van der Waals surface area contributed by atoms with Crippen molar-refractivity contribution in [2.45, 2.75) is 6.54 Å². The van der Waals surface area contributed by atoms with Crippen LogP contribution in [-0.2, 0) is 18.4 Å². The molecule has 1 N–H and O–H groups in total. The number of hydrogen-bond donors (Lipinski definition) is 1. The zero-order valence-electron chi connectivity index (χ0n) is 10.2. The van der Waals surface area contributed by atoms with Crippen LogP contribution in [0.15, 0.2) is 17.9 Å². The third-order valence-corrected chi connectivity index (χ3v) is 2.84. The fourth-order valence-electron chi connectivity index (χ4n) is 1.55. The lowest BCUT2D eigenvalue weighted by Gasteiger charge is -2.14. The minimum absolute atomic E-state index is 0.0989. The summed E-state index contributed by atoms with van der Waals surface area (Å²) in [6.45, 7) is 0.978. The van der Waals surface area contributed by atoms with Crippen molar-refractivity contribution in [1.82, 2.24) is 24.9 Å². The van der Waals surface area contributed by atoms with Crippen molar-refractivity contribution in [3.05, 3.63) is 23.5 Å². The van der Waals surface area contributed by atoms with Gasteiger partial charge in [-0.3, -0.25) is 19.7 Å². The molecule has 7 nitrogen and oxygen atoms in total. The molecule has 2 aromatic heterocycles. The Morgan fingerprint density at radius 2 is 2.44 bits per heavy atom. The Balaban J connectivity index is 1.80. The molecule has 2 heterocycles. The Morgan fingerprint density at radius 1 is 1.61 bits per heavy atom. The smallest absolute Gasteiger partial charge is 0.240 e. The summed E-state index contributed by atoms with van der Waals surface area (Å²) >= 11 is 1.30. The maximum atomic E-state index is 11.7. The summed E-state index contributed by atoms with van der Waals surface area (Å²) in [7, 11) is 3.75. The summed E-state index contributed by atoms with van der Waals surface area (Å²) < 4.78 is 1.74. The van der Waals surface area contributed by atoms with Crippen LogP contribution < -0.4 is 5.32 Å². The van der Waals surface area contributed by atoms with Gasteiger partial charge < -0.3 is 0 Å². The van der Waals surface area contributed by atoms with Gasteiger partial charge >= 0.3 is 0 Å². The Labute approximate surface area is 108 Å². The van der Waals surface area contributed by atoms with E-state index in [4.69, 9.17) is 0 Å². The van der Waals surface area contributed by atoms with Crippen molar-refractivity contribution >= 4 is 22.4 Å². The van der Waals surface area contributed by atoms with Crippen LogP contribution >= 0.6 is 11.3 Å². The van der Waals surface area contributed by atoms with Gasteiger partial charge in [0.15, 0.2) is 0 Å². The normalized spacial score (nSPS) is 10.8. The topological polar surface area (TPSA) is 75.9 Å². The number of carbonyl (C=O) groups excluding carboxylic acids is 1. The second-order valence-corrected chi connectivity index (χ2v) is 4.82. The van der Waals surface area contributed by atoms with Crippen LogP contribution in [0.5, 0.6) is 0 Å². The Morgan fingerprint density at radius 3 is 3.06 bits per heavy atom. The number of hydrogen-bond acceptors (Lipinski definition) is 6. The Kier molecular flexibility index (Phi) is 4.00. The first kappa shape index (κ1) is 12.7. The molecule has 2 rings (SSSR count). The molecule has 18 heavy (non-hydrogen) atoms. The number of amides is 1. The molecule has 0 radical (unpaired) electrons. The number of likely N-dealkylation sites (N-methyl/N-ethyl adjacent to an activating group) is 1. The predicted molar refractivity (Wildman–Crippen MR) is 68.1 cm³/mol. The largest absolute Gasteiger partial charge is 0.299 e. The van der Waals surface area contributed by atoms with Gasteiger partial charge in [0, 0.05) is 25.4 Å². The first-order valence-corrected chi connectivity index (χ1v) is 6.23. The van der Waals surface area contributed by atoms with E-state index in [0.717, 1.165) is 5.56 Å². The number of anilines is 1. The quantitative estimate of drug-likeness (QED) is 0.844. The number of carbonyl (C=O) groups is 1. The molecule has 0 aliphatic heterocycles. The van der Waals surface area contributed by atoms with Gasteiger partial charge in [0.2, 0.25) is 11.0 Å². The first-order chi connectivity index (χ1) is 8.63. The van der Waals surface area contributed by atoms with Crippen molar-refractivity contribution in [2.75, 3.05) is 18.9 Å². The molecular weight excluding hydrogens is 252 g/mol. The highest BCUT2D eigenvalue weighted by molar-refractivity contribution is 7.13. The van der Waals surface area contributed by atoms with Crippen LogP contribution in [0.2, 0.25) is 0 Å². The second kappa shape index (κ2) is 5.69. The van der Waals surface area contributed by atoms with Gasteiger partial charge in [0.25, 0.3) is 0 Å². The Hall–Kier alpha value is -1.80. The monoisotopic (exact) mass is 266 g/mol. The van der Waals surface area contributed by atoms with Crippen molar-refractivity contribution in [3.63, 3.8) is 0 Å². The summed E-state index contributed by atoms with van der Waals surface area (Å²) in [6, 6.07) is 0. The molecule has 0 aliphatic carbocycles. The molecular formula is C10H14N6OS. The van der Waals surface area contributed by atoms with Crippen LogP contribution in [0, 0.1) is 0 Å². The van der Waals surface area contributed by atoms with E-state index in [1.165, 1.54) is 11.3 Å². The lowest BCUT2D eigenvalue weighted by atomic mass is 10.3. The van der Waals surface area contributed by atoms with Gasteiger partial charge in [-0.05, 0) is 7.05 Å². The lowest BCUT2D eigenvalue weighted by molar-refractivity contribution is -0.117. The van der Waals surface area contributed by atoms with E-state index >= 15 is 0 Å². The molecule has 0 unspecified atom stereocenters. The average molecular weight is 266 g/mol. The lowest BCUT2D eigenvalue weighted by Crippen LogP contribution is -2.29. The highest BCUT2D eigenvalue weighted by Gasteiger charge is 2.09. The van der Waals surface area contributed by atoms with Gasteiger partial charge in [-0.25, -0.2) is 0 Å². The minimum Gasteiger partial charge on any atom is -0.299 e. The van der Waals surface area contributed by atoms with Crippen LogP contribution in [0.3, 0.4) is 0 Å². The Bertz CT molecular complexity index is 508. The highest BCUT2D eigenvalue weighted by Crippen LogP contribution is 2.08. The van der Waals surface area contributed by atoms with Gasteiger partial charge in [-0.2, -0.15) is 5.10 Å². The fourth-order valence-corrected chi connectivity index (χ4v) is 2.01. The van der Waals surface area contributed by atoms with E-state index in [2.05, 4.69) is 20.6 Å². The summed E-state index contributed by atoms with van der Waals surface area (Å²) in [5.74, 6) is -0.0989. The fraction of sp³-hybridized carbons (Fsp3) is 0.400. The summed E-state index contributed by atoms with van der Waals surface area (Å²) in [4.78, 5) is 13.6. The molecule has 0 aliphatic rings. The molecule has 0 saturated carbocycles. The molecule has 8 heteroatoms. The first-order valence-electron chi connectivity index (χ1n) is 5.35. The summed E-state index contributed by atoms with van der Waals surface area (Å²) in [5, 5.41) is 14.7. The molecule has 0 fully saturated rings. The number of aryl methyl sites for hydroxylation is 1. The molecule has 0 aromatic carbocycles. The van der Waals surface area contributed by atoms with Crippen LogP contribution in [0.25, 0.3) is 0 Å². The highest BCUT2D eigenvalue weighted by atomic mass is 32.1. The van der Waals surface area contributed by atoms with Crippen LogP contribution in [-0.4, -0.2) is 44.4 Å². The summed E-state index contributed by atoms with van der Waals surface area (Å²) in [6.07, 6.45) is 3.72. The second-order valence-electron chi connectivity index (χ2n) is 3.99. The molecule has 1 amide bonds. The van der Waals surface area contributed by atoms with Crippen LogP contribution in [0.1, 0.15) is 5.56 Å². The van der Waals surface area contributed by atoms with E-state index in [1.54, 1.807) is 16.4 Å². The van der Waals surface area contributed by atoms with Gasteiger partial charge in [-0.15, -0.1) is 10.2 Å². The zero-order chi connectivity index (χ0) is 13.0. The van der Waals surface area contributed by atoms with E-state index in [9.17, 15) is 4.79 Å². The van der Waals surface area contributed by atoms with E-state index < -0.39 is 0 Å². The van der Waals surface area contributed by atoms with Crippen molar-refractivity contribution in [3.8, 4) is 0 Å². The van der Waals surface area contributed by atoms with E-state index in [1.807, 2.05) is 25.2 Å². The third-order valence-electron chi connectivity index (χ3n) is 2.23. The SMILES string of the molecule is CN(CC(=O)Nc1nncs1)Cc1cnn(C)c1. The standard InChI is InChI=1S/C10H14N6OS/c1-15(4-8-3-12-16(2)5-8)6-9(17)13-10-14-11-7-18-10/h3,5,7H,4,6H2,1-2H3,(H,13,14,17). The maximum absolute atomic E-state index is 11.7. The molecule has 0 spiro atoms. The molecule has 0 atom stereocenters. The number of nitrogens with one attached hydrogen (secondary N) is 1. The van der Waals surface area contributed by atoms with E-state index in [-0.39, 0.29) is 5.91 Å². The average Bonchev–Trinajstić information content (AvgIpc) is 2.90.